The molecule has 0 aliphatic heterocycles. The quantitative estimate of drug-likeness (QED) is 0.116. The number of carbonyl (C=O) groups excluding carboxylic acids is 1. The first-order chi connectivity index (χ1) is 12.5. The Hall–Kier alpha value is -0.830. The van der Waals surface area contributed by atoms with Gasteiger partial charge in [-0.2, -0.15) is 0 Å². The number of esters is 1. The van der Waals surface area contributed by atoms with E-state index >= 15 is 0 Å². The summed E-state index contributed by atoms with van der Waals surface area (Å²) in [5, 5.41) is 0. The van der Waals surface area contributed by atoms with Gasteiger partial charge in [-0.3, -0.25) is 0 Å². The fourth-order valence-corrected chi connectivity index (χ4v) is 3.37. The third kappa shape index (κ3) is 18.0. The van der Waals surface area contributed by atoms with E-state index in [1.165, 1.54) is 89.7 Å². The van der Waals surface area contributed by atoms with Crippen molar-refractivity contribution in [3.63, 3.8) is 0 Å². The summed E-state index contributed by atoms with van der Waals surface area (Å²) >= 11 is 0. The molecule has 0 aliphatic rings. The van der Waals surface area contributed by atoms with Gasteiger partial charge < -0.3 is 9.22 Å². The largest absolute Gasteiger partial charge is 0.463 e. The maximum atomic E-state index is 11.0. The van der Waals surface area contributed by atoms with Crippen LogP contribution in [0.25, 0.3) is 0 Å². The standard InChI is InChI=1S/C23H46NO2/c1-5-7-8-9-10-11-12-13-14-15-16-17-20-24(3,4)21-18-19-22-26-23(25)6-2/h6H,2,5,7-22H2,1,3-4H3/q+1. The van der Waals surface area contributed by atoms with Crippen LogP contribution in [0, 0.1) is 0 Å². The summed E-state index contributed by atoms with van der Waals surface area (Å²) in [6.07, 6.45) is 20.2. The minimum Gasteiger partial charge on any atom is -0.463 e. The van der Waals surface area contributed by atoms with Gasteiger partial charge >= 0.3 is 5.97 Å². The van der Waals surface area contributed by atoms with Crippen molar-refractivity contribution in [3.8, 4) is 0 Å². The monoisotopic (exact) mass is 368 g/mol. The molecule has 0 aromatic rings. The maximum Gasteiger partial charge on any atom is 0.330 e. The molecular formula is C23H46NO2+. The van der Waals surface area contributed by atoms with E-state index in [-0.39, 0.29) is 5.97 Å². The van der Waals surface area contributed by atoms with Crippen molar-refractivity contribution in [2.75, 3.05) is 33.8 Å². The van der Waals surface area contributed by atoms with Crippen molar-refractivity contribution in [1.29, 1.82) is 0 Å². The normalized spacial score (nSPS) is 11.5. The highest BCUT2D eigenvalue weighted by Crippen LogP contribution is 2.13. The molecule has 3 nitrogen and oxygen atoms in total. The lowest BCUT2D eigenvalue weighted by atomic mass is 10.1. The number of quaternary nitrogens is 1. The molecule has 0 fully saturated rings. The van der Waals surface area contributed by atoms with Crippen molar-refractivity contribution < 1.29 is 14.0 Å². The van der Waals surface area contributed by atoms with Gasteiger partial charge in [-0.25, -0.2) is 4.79 Å². The lowest BCUT2D eigenvalue weighted by Gasteiger charge is -2.30. The van der Waals surface area contributed by atoms with E-state index in [4.69, 9.17) is 4.74 Å². The molecule has 26 heavy (non-hydrogen) atoms. The van der Waals surface area contributed by atoms with E-state index in [9.17, 15) is 4.79 Å². The summed E-state index contributed by atoms with van der Waals surface area (Å²) in [6, 6.07) is 0. The lowest BCUT2D eigenvalue weighted by Crippen LogP contribution is -2.41. The van der Waals surface area contributed by atoms with Gasteiger partial charge in [0.1, 0.15) is 0 Å². The van der Waals surface area contributed by atoms with Gasteiger partial charge in [-0.1, -0.05) is 77.7 Å². The molecule has 0 radical (unpaired) electrons. The number of carbonyl (C=O) groups is 1. The first-order valence-electron chi connectivity index (χ1n) is 11.1. The summed E-state index contributed by atoms with van der Waals surface area (Å²) in [5.41, 5.74) is 0. The minimum atomic E-state index is -0.310. The summed E-state index contributed by atoms with van der Waals surface area (Å²) in [5.74, 6) is -0.310. The summed E-state index contributed by atoms with van der Waals surface area (Å²) in [6.45, 7) is 8.61. The van der Waals surface area contributed by atoms with Crippen molar-refractivity contribution in [3.05, 3.63) is 12.7 Å². The van der Waals surface area contributed by atoms with Crippen LogP contribution in [0.15, 0.2) is 12.7 Å². The van der Waals surface area contributed by atoms with Gasteiger partial charge in [0.15, 0.2) is 0 Å². The topological polar surface area (TPSA) is 26.3 Å². The van der Waals surface area contributed by atoms with Crippen molar-refractivity contribution in [2.24, 2.45) is 0 Å². The highest BCUT2D eigenvalue weighted by atomic mass is 16.5. The molecule has 0 saturated heterocycles. The van der Waals surface area contributed by atoms with Gasteiger partial charge in [0.25, 0.3) is 0 Å². The highest BCUT2D eigenvalue weighted by molar-refractivity contribution is 5.81. The van der Waals surface area contributed by atoms with Crippen molar-refractivity contribution in [2.45, 2.75) is 96.8 Å². The van der Waals surface area contributed by atoms with Gasteiger partial charge in [0, 0.05) is 6.08 Å². The number of nitrogens with zero attached hydrogens (tertiary/aromatic N) is 1. The Morgan fingerprint density at radius 2 is 1.19 bits per heavy atom. The molecule has 0 rings (SSSR count). The first kappa shape index (κ1) is 25.2. The van der Waals surface area contributed by atoms with E-state index in [1.54, 1.807) is 0 Å². The first-order valence-corrected chi connectivity index (χ1v) is 11.1. The summed E-state index contributed by atoms with van der Waals surface area (Å²) in [7, 11) is 4.63. The molecule has 0 saturated carbocycles. The van der Waals surface area contributed by atoms with E-state index in [0.717, 1.165) is 23.9 Å². The van der Waals surface area contributed by atoms with Crippen LogP contribution in [0.4, 0.5) is 0 Å². The third-order valence-electron chi connectivity index (χ3n) is 5.19. The van der Waals surface area contributed by atoms with Crippen LogP contribution in [0.5, 0.6) is 0 Å². The second-order valence-corrected chi connectivity index (χ2v) is 8.35. The average molecular weight is 369 g/mol. The molecule has 0 spiro atoms. The van der Waals surface area contributed by atoms with Crippen LogP contribution in [0.2, 0.25) is 0 Å². The molecule has 0 bridgehead atoms. The molecule has 0 atom stereocenters. The molecule has 3 heteroatoms. The Kier molecular flexibility index (Phi) is 17.0. The predicted molar refractivity (Wildman–Crippen MR) is 113 cm³/mol. The minimum absolute atomic E-state index is 0.310. The van der Waals surface area contributed by atoms with E-state index in [2.05, 4.69) is 27.6 Å². The second kappa shape index (κ2) is 17.6. The smallest absolute Gasteiger partial charge is 0.330 e. The molecule has 0 aromatic carbocycles. The number of hydrogen-bond donors (Lipinski definition) is 0. The van der Waals surface area contributed by atoms with Crippen LogP contribution >= 0.6 is 0 Å². The zero-order valence-corrected chi connectivity index (χ0v) is 18.1. The van der Waals surface area contributed by atoms with Crippen LogP contribution in [0.3, 0.4) is 0 Å². The molecule has 0 heterocycles. The number of hydrogen-bond acceptors (Lipinski definition) is 2. The molecule has 0 aromatic heterocycles. The van der Waals surface area contributed by atoms with E-state index in [0.29, 0.717) is 6.61 Å². The van der Waals surface area contributed by atoms with Crippen molar-refractivity contribution >= 4 is 5.97 Å². The highest BCUT2D eigenvalue weighted by Gasteiger charge is 2.13. The van der Waals surface area contributed by atoms with Gasteiger partial charge in [0.05, 0.1) is 33.8 Å². The van der Waals surface area contributed by atoms with Gasteiger partial charge in [-0.05, 0) is 25.7 Å². The number of ether oxygens (including phenoxy) is 1. The third-order valence-corrected chi connectivity index (χ3v) is 5.19. The van der Waals surface area contributed by atoms with Crippen LogP contribution in [-0.2, 0) is 9.53 Å². The van der Waals surface area contributed by atoms with Gasteiger partial charge in [-0.15, -0.1) is 0 Å². The maximum absolute atomic E-state index is 11.0. The molecule has 0 N–H and O–H groups in total. The Bertz CT molecular complexity index is 339. The zero-order chi connectivity index (χ0) is 19.5. The zero-order valence-electron chi connectivity index (χ0n) is 18.1. The predicted octanol–water partition coefficient (Wildman–Crippen LogP) is 6.27. The fourth-order valence-electron chi connectivity index (χ4n) is 3.37. The molecular weight excluding hydrogens is 322 g/mol. The Morgan fingerprint density at radius 3 is 1.65 bits per heavy atom. The summed E-state index contributed by atoms with van der Waals surface area (Å²) < 4.78 is 6.10. The Labute approximate surface area is 163 Å². The summed E-state index contributed by atoms with van der Waals surface area (Å²) in [4.78, 5) is 11.0. The second-order valence-electron chi connectivity index (χ2n) is 8.35. The average Bonchev–Trinajstić information content (AvgIpc) is 2.62. The molecule has 0 unspecified atom stereocenters. The van der Waals surface area contributed by atoms with Crippen molar-refractivity contribution in [1.82, 2.24) is 0 Å². The van der Waals surface area contributed by atoms with Crippen LogP contribution < -0.4 is 0 Å². The van der Waals surface area contributed by atoms with Gasteiger partial charge in [0.2, 0.25) is 0 Å². The van der Waals surface area contributed by atoms with Crippen LogP contribution in [0.1, 0.15) is 96.8 Å². The fraction of sp³-hybridized carbons (Fsp3) is 0.870. The van der Waals surface area contributed by atoms with E-state index in [1.807, 2.05) is 0 Å². The SMILES string of the molecule is C=CC(=O)OCCCC[N+](C)(C)CCCCCCCCCCCCCC. The number of rotatable bonds is 19. The van der Waals surface area contributed by atoms with Crippen LogP contribution in [-0.4, -0.2) is 44.2 Å². The molecule has 0 aliphatic carbocycles. The number of unbranched alkanes of at least 4 members (excludes halogenated alkanes) is 12. The van der Waals surface area contributed by atoms with E-state index < -0.39 is 0 Å². The molecule has 0 amide bonds. The lowest BCUT2D eigenvalue weighted by molar-refractivity contribution is -0.890. The Morgan fingerprint density at radius 1 is 0.769 bits per heavy atom. The molecule has 154 valence electrons. The Balaban J connectivity index is 3.36.